The van der Waals surface area contributed by atoms with Crippen molar-refractivity contribution in [3.05, 3.63) is 67.0 Å². The first-order valence-corrected chi connectivity index (χ1v) is 7.88. The first-order chi connectivity index (χ1) is 9.54. The fourth-order valence-electron chi connectivity index (χ4n) is 2.10. The molecule has 0 radical (unpaired) electrons. The van der Waals surface area contributed by atoms with Crippen LogP contribution in [0.4, 0.5) is 0 Å². The number of benzene rings is 2. The first kappa shape index (κ1) is 13.9. The van der Waals surface area contributed by atoms with Gasteiger partial charge in [0, 0.05) is 8.95 Å². The van der Waals surface area contributed by atoms with E-state index in [1.807, 2.05) is 36.4 Å². The van der Waals surface area contributed by atoms with Crippen LogP contribution in [0.2, 0.25) is 0 Å². The molecule has 0 aliphatic carbocycles. The average molecular weight is 416 g/mol. The molecular weight excluding hydrogens is 407 g/mol. The Hall–Kier alpha value is -1.04. The van der Waals surface area contributed by atoms with Crippen LogP contribution in [0.15, 0.2) is 50.1 Å². The zero-order chi connectivity index (χ0) is 14.3. The average Bonchev–Trinajstić information content (AvgIpc) is 2.79. The molecule has 0 aliphatic rings. The summed E-state index contributed by atoms with van der Waals surface area (Å²) in [6.07, 6.45) is 0. The van der Waals surface area contributed by atoms with Gasteiger partial charge in [0.15, 0.2) is 0 Å². The number of imidazole rings is 1. The normalized spacial score (nSPS) is 12.8. The molecule has 0 fully saturated rings. The summed E-state index contributed by atoms with van der Waals surface area (Å²) in [5.41, 5.74) is 3.21. The Kier molecular flexibility index (Phi) is 3.75. The molecule has 3 nitrogen and oxygen atoms in total. The number of halogens is 3. The maximum Gasteiger partial charge on any atom is 0.323 e. The predicted molar refractivity (Wildman–Crippen MR) is 88.5 cm³/mol. The van der Waals surface area contributed by atoms with Crippen molar-refractivity contribution in [2.45, 2.75) is 5.38 Å². The van der Waals surface area contributed by atoms with E-state index in [0.717, 1.165) is 31.1 Å². The Morgan fingerprint density at radius 1 is 1.00 bits per heavy atom. The minimum atomic E-state index is -0.301. The van der Waals surface area contributed by atoms with E-state index in [1.54, 1.807) is 0 Å². The lowest BCUT2D eigenvalue weighted by atomic mass is 10.0. The van der Waals surface area contributed by atoms with Crippen LogP contribution in [0.3, 0.4) is 0 Å². The van der Waals surface area contributed by atoms with Crippen molar-refractivity contribution in [3.8, 4) is 0 Å². The lowest BCUT2D eigenvalue weighted by molar-refractivity contribution is 1.13. The van der Waals surface area contributed by atoms with Gasteiger partial charge in [-0.3, -0.25) is 0 Å². The van der Waals surface area contributed by atoms with Crippen LogP contribution in [0.25, 0.3) is 11.0 Å². The maximum atomic E-state index is 11.3. The van der Waals surface area contributed by atoms with E-state index in [9.17, 15) is 4.79 Å². The van der Waals surface area contributed by atoms with Gasteiger partial charge in [0.25, 0.3) is 0 Å². The second-order valence-electron chi connectivity index (χ2n) is 4.41. The summed E-state index contributed by atoms with van der Waals surface area (Å²) in [6, 6.07) is 11.5. The van der Waals surface area contributed by atoms with Gasteiger partial charge in [0.05, 0.1) is 16.4 Å². The molecule has 0 spiro atoms. The molecule has 3 rings (SSSR count). The molecule has 2 N–H and O–H groups in total. The number of H-pyrrole nitrogens is 2. The third-order valence-electron chi connectivity index (χ3n) is 3.06. The molecule has 1 atom stereocenters. The Balaban J connectivity index is 2.09. The van der Waals surface area contributed by atoms with Crippen molar-refractivity contribution < 1.29 is 0 Å². The molecule has 102 valence electrons. The summed E-state index contributed by atoms with van der Waals surface area (Å²) in [6.45, 7) is 0. The van der Waals surface area contributed by atoms with Crippen molar-refractivity contribution >= 4 is 54.5 Å². The monoisotopic (exact) mass is 414 g/mol. The molecule has 0 amide bonds. The van der Waals surface area contributed by atoms with Crippen LogP contribution in [0.1, 0.15) is 16.5 Å². The summed E-state index contributed by atoms with van der Waals surface area (Å²) >= 11 is 13.5. The standard InChI is InChI=1S/C14H9Br2ClN2O/c15-8-2-3-10(16)9(6-8)13(17)7-1-4-11-12(5-7)19-14(20)18-11/h1-6,13H,(H2,18,19,20). The van der Waals surface area contributed by atoms with Gasteiger partial charge in [-0.1, -0.05) is 37.9 Å². The van der Waals surface area contributed by atoms with E-state index in [4.69, 9.17) is 11.6 Å². The van der Waals surface area contributed by atoms with Gasteiger partial charge < -0.3 is 9.97 Å². The van der Waals surface area contributed by atoms with Crippen molar-refractivity contribution in [1.29, 1.82) is 0 Å². The largest absolute Gasteiger partial charge is 0.323 e. The van der Waals surface area contributed by atoms with E-state index in [0.29, 0.717) is 0 Å². The minimum Gasteiger partial charge on any atom is -0.306 e. The first-order valence-electron chi connectivity index (χ1n) is 5.85. The summed E-state index contributed by atoms with van der Waals surface area (Å²) in [4.78, 5) is 16.7. The van der Waals surface area contributed by atoms with Crippen LogP contribution in [-0.2, 0) is 0 Å². The van der Waals surface area contributed by atoms with Crippen LogP contribution in [-0.4, -0.2) is 9.97 Å². The second-order valence-corrected chi connectivity index (χ2v) is 6.62. The molecule has 0 saturated heterocycles. The van der Waals surface area contributed by atoms with E-state index < -0.39 is 0 Å². The van der Waals surface area contributed by atoms with E-state index in [-0.39, 0.29) is 11.1 Å². The molecule has 1 heterocycles. The Morgan fingerprint density at radius 2 is 1.75 bits per heavy atom. The molecule has 20 heavy (non-hydrogen) atoms. The van der Waals surface area contributed by atoms with Crippen molar-refractivity contribution in [2.24, 2.45) is 0 Å². The summed E-state index contributed by atoms with van der Waals surface area (Å²) in [5.74, 6) is 0. The number of nitrogens with one attached hydrogen (secondary N) is 2. The fraction of sp³-hybridized carbons (Fsp3) is 0.0714. The SMILES string of the molecule is O=c1[nH]c2ccc(C(Cl)c3cc(Br)ccc3Br)cc2[nH]1. The molecular formula is C14H9Br2ClN2O. The molecule has 3 aromatic rings. The van der Waals surface area contributed by atoms with Crippen LogP contribution in [0.5, 0.6) is 0 Å². The third kappa shape index (κ3) is 2.57. The van der Waals surface area contributed by atoms with Gasteiger partial charge in [0.1, 0.15) is 0 Å². The number of fused-ring (bicyclic) bond motifs is 1. The summed E-state index contributed by atoms with van der Waals surface area (Å²) in [5, 5.41) is -0.301. The number of aromatic nitrogens is 2. The highest BCUT2D eigenvalue weighted by molar-refractivity contribution is 9.11. The number of hydrogen-bond acceptors (Lipinski definition) is 1. The molecule has 6 heteroatoms. The Morgan fingerprint density at radius 3 is 2.55 bits per heavy atom. The fourth-order valence-corrected chi connectivity index (χ4v) is 3.40. The zero-order valence-electron chi connectivity index (χ0n) is 10.1. The topological polar surface area (TPSA) is 48.6 Å². The van der Waals surface area contributed by atoms with Gasteiger partial charge in [-0.25, -0.2) is 4.79 Å². The highest BCUT2D eigenvalue weighted by Gasteiger charge is 2.15. The zero-order valence-corrected chi connectivity index (χ0v) is 14.0. The molecule has 0 aliphatic heterocycles. The van der Waals surface area contributed by atoms with E-state index >= 15 is 0 Å². The van der Waals surface area contributed by atoms with Gasteiger partial charge >= 0.3 is 5.69 Å². The number of alkyl halides is 1. The smallest absolute Gasteiger partial charge is 0.306 e. The summed E-state index contributed by atoms with van der Waals surface area (Å²) < 4.78 is 1.92. The number of rotatable bonds is 2. The van der Waals surface area contributed by atoms with Gasteiger partial charge in [-0.2, -0.15) is 0 Å². The van der Waals surface area contributed by atoms with Crippen molar-refractivity contribution in [1.82, 2.24) is 9.97 Å². The lowest BCUT2D eigenvalue weighted by Gasteiger charge is -2.13. The van der Waals surface area contributed by atoms with Crippen molar-refractivity contribution in [2.75, 3.05) is 0 Å². The van der Waals surface area contributed by atoms with Gasteiger partial charge in [-0.05, 0) is 41.5 Å². The second kappa shape index (κ2) is 5.39. The predicted octanol–water partition coefficient (Wildman–Crippen LogP) is 4.71. The molecule has 0 saturated carbocycles. The summed E-state index contributed by atoms with van der Waals surface area (Å²) in [7, 11) is 0. The van der Waals surface area contributed by atoms with E-state index in [2.05, 4.69) is 41.8 Å². The third-order valence-corrected chi connectivity index (χ3v) is 4.77. The Labute approximate surface area is 136 Å². The molecule has 1 aromatic heterocycles. The number of hydrogen-bond donors (Lipinski definition) is 2. The highest BCUT2D eigenvalue weighted by atomic mass is 79.9. The van der Waals surface area contributed by atoms with Crippen molar-refractivity contribution in [3.63, 3.8) is 0 Å². The van der Waals surface area contributed by atoms with Crippen LogP contribution < -0.4 is 5.69 Å². The highest BCUT2D eigenvalue weighted by Crippen LogP contribution is 2.36. The van der Waals surface area contributed by atoms with Gasteiger partial charge in [-0.15, -0.1) is 11.6 Å². The van der Waals surface area contributed by atoms with Crippen LogP contribution >= 0.6 is 43.5 Å². The van der Waals surface area contributed by atoms with Crippen LogP contribution in [0, 0.1) is 0 Å². The van der Waals surface area contributed by atoms with Gasteiger partial charge in [0.2, 0.25) is 0 Å². The number of aromatic amines is 2. The molecule has 1 unspecified atom stereocenters. The molecule has 0 bridgehead atoms. The minimum absolute atomic E-state index is 0.216. The lowest BCUT2D eigenvalue weighted by Crippen LogP contribution is -1.99. The quantitative estimate of drug-likeness (QED) is 0.584. The maximum absolute atomic E-state index is 11.3. The van der Waals surface area contributed by atoms with E-state index in [1.165, 1.54) is 0 Å². The molecule has 2 aromatic carbocycles. The Bertz CT molecular complexity index is 841.